The third-order valence-electron chi connectivity index (χ3n) is 2.25. The van der Waals surface area contributed by atoms with E-state index in [0.717, 1.165) is 0 Å². The van der Waals surface area contributed by atoms with Gasteiger partial charge < -0.3 is 9.84 Å². The first-order valence-corrected chi connectivity index (χ1v) is 5.26. The predicted octanol–water partition coefficient (Wildman–Crippen LogP) is 1.18. The molecule has 0 aliphatic rings. The van der Waals surface area contributed by atoms with Crippen molar-refractivity contribution in [3.8, 4) is 6.07 Å². The number of carbonyl (C=O) groups excluding carboxylic acids is 1. The largest absolute Gasteiger partial charge is 0.345 e. The molecule has 18 heavy (non-hydrogen) atoms. The van der Waals surface area contributed by atoms with E-state index in [0.29, 0.717) is 22.8 Å². The van der Waals surface area contributed by atoms with E-state index in [4.69, 9.17) is 9.78 Å². The third-order valence-corrected chi connectivity index (χ3v) is 2.25. The number of nitrogens with one attached hydrogen (secondary N) is 1. The smallest absolute Gasteiger partial charge is 0.251 e. The number of benzene rings is 1. The van der Waals surface area contributed by atoms with Gasteiger partial charge in [0.15, 0.2) is 5.82 Å². The summed E-state index contributed by atoms with van der Waals surface area (Å²) in [6.45, 7) is 1.88. The van der Waals surface area contributed by atoms with Crippen molar-refractivity contribution in [2.24, 2.45) is 0 Å². The van der Waals surface area contributed by atoms with Crippen LogP contribution in [0, 0.1) is 18.3 Å². The maximum atomic E-state index is 11.7. The molecule has 0 saturated heterocycles. The first-order chi connectivity index (χ1) is 8.69. The molecule has 2 aromatic rings. The van der Waals surface area contributed by atoms with Gasteiger partial charge in [-0.2, -0.15) is 10.2 Å². The van der Waals surface area contributed by atoms with Gasteiger partial charge in [0.05, 0.1) is 18.2 Å². The van der Waals surface area contributed by atoms with Crippen LogP contribution in [-0.2, 0) is 6.54 Å². The summed E-state index contributed by atoms with van der Waals surface area (Å²) in [5.74, 6) is 0.633. The summed E-state index contributed by atoms with van der Waals surface area (Å²) in [6.07, 6.45) is 0. The van der Waals surface area contributed by atoms with E-state index in [9.17, 15) is 4.79 Å². The summed E-state index contributed by atoms with van der Waals surface area (Å²) < 4.78 is 4.78. The van der Waals surface area contributed by atoms with Gasteiger partial charge in [-0.1, -0.05) is 5.16 Å². The molecule has 0 unspecified atom stereocenters. The van der Waals surface area contributed by atoms with E-state index in [2.05, 4.69) is 15.5 Å². The van der Waals surface area contributed by atoms with E-state index in [1.165, 1.54) is 0 Å². The number of hydrogen-bond acceptors (Lipinski definition) is 5. The summed E-state index contributed by atoms with van der Waals surface area (Å²) in [4.78, 5) is 15.7. The Bertz CT molecular complexity index is 595. The minimum atomic E-state index is -0.248. The second-order valence-electron chi connectivity index (χ2n) is 3.60. The lowest BCUT2D eigenvalue weighted by Gasteiger charge is -2.02. The molecular weight excluding hydrogens is 232 g/mol. The summed E-state index contributed by atoms with van der Waals surface area (Å²) >= 11 is 0. The van der Waals surface area contributed by atoms with Gasteiger partial charge in [0, 0.05) is 12.5 Å². The molecule has 0 saturated carbocycles. The van der Waals surface area contributed by atoms with Crippen LogP contribution in [0.2, 0.25) is 0 Å². The zero-order valence-corrected chi connectivity index (χ0v) is 9.67. The van der Waals surface area contributed by atoms with E-state index < -0.39 is 0 Å². The topological polar surface area (TPSA) is 91.8 Å². The highest BCUT2D eigenvalue weighted by atomic mass is 16.5. The first-order valence-electron chi connectivity index (χ1n) is 5.26. The van der Waals surface area contributed by atoms with Gasteiger partial charge in [0.2, 0.25) is 5.89 Å². The number of aryl methyl sites for hydroxylation is 1. The minimum absolute atomic E-state index is 0.205. The average molecular weight is 242 g/mol. The second kappa shape index (κ2) is 5.10. The van der Waals surface area contributed by atoms with E-state index >= 15 is 0 Å². The Morgan fingerprint density at radius 2 is 2.17 bits per heavy atom. The van der Waals surface area contributed by atoms with E-state index in [1.54, 1.807) is 31.2 Å². The summed E-state index contributed by atoms with van der Waals surface area (Å²) in [5, 5.41) is 15.0. The Morgan fingerprint density at radius 1 is 1.44 bits per heavy atom. The van der Waals surface area contributed by atoms with Crippen molar-refractivity contribution in [3.05, 3.63) is 47.1 Å². The molecule has 90 valence electrons. The standard InChI is InChI=1S/C12H10N4O2/c1-8-15-11(16-18-8)7-14-12(17)10-4-2-9(6-13)3-5-10/h2-5H,7H2,1H3,(H,14,17). The Hall–Kier alpha value is -2.68. The van der Waals surface area contributed by atoms with Crippen LogP contribution in [0.4, 0.5) is 0 Å². The lowest BCUT2D eigenvalue weighted by atomic mass is 10.1. The van der Waals surface area contributed by atoms with Gasteiger partial charge in [0.25, 0.3) is 5.91 Å². The molecule has 0 aliphatic carbocycles. The minimum Gasteiger partial charge on any atom is -0.345 e. The van der Waals surface area contributed by atoms with Crippen LogP contribution in [0.1, 0.15) is 27.6 Å². The molecule has 0 spiro atoms. The highest BCUT2D eigenvalue weighted by Crippen LogP contribution is 2.03. The number of rotatable bonds is 3. The summed E-state index contributed by atoms with van der Waals surface area (Å²) in [6, 6.07) is 8.36. The SMILES string of the molecule is Cc1nc(CNC(=O)c2ccc(C#N)cc2)no1. The molecule has 1 N–H and O–H groups in total. The van der Waals surface area contributed by atoms with Crippen LogP contribution in [0.25, 0.3) is 0 Å². The number of nitrogens with zero attached hydrogens (tertiary/aromatic N) is 3. The fraction of sp³-hybridized carbons (Fsp3) is 0.167. The monoisotopic (exact) mass is 242 g/mol. The van der Waals surface area contributed by atoms with Crippen molar-refractivity contribution in [2.45, 2.75) is 13.5 Å². The van der Waals surface area contributed by atoms with Gasteiger partial charge in [-0.15, -0.1) is 0 Å². The van der Waals surface area contributed by atoms with Crippen LogP contribution in [0.3, 0.4) is 0 Å². The van der Waals surface area contributed by atoms with Gasteiger partial charge in [-0.3, -0.25) is 4.79 Å². The Morgan fingerprint density at radius 3 is 2.72 bits per heavy atom. The van der Waals surface area contributed by atoms with E-state index in [-0.39, 0.29) is 12.5 Å². The summed E-state index contributed by atoms with van der Waals surface area (Å²) in [7, 11) is 0. The average Bonchev–Trinajstić information content (AvgIpc) is 2.82. The summed E-state index contributed by atoms with van der Waals surface area (Å²) in [5.41, 5.74) is 0.995. The van der Waals surface area contributed by atoms with Crippen molar-refractivity contribution in [1.82, 2.24) is 15.5 Å². The first kappa shape index (κ1) is 11.8. The number of nitriles is 1. The second-order valence-corrected chi connectivity index (χ2v) is 3.60. The van der Waals surface area contributed by atoms with Gasteiger partial charge in [-0.25, -0.2) is 0 Å². The maximum absolute atomic E-state index is 11.7. The molecule has 1 aromatic heterocycles. The molecule has 0 radical (unpaired) electrons. The van der Waals surface area contributed by atoms with Crippen molar-refractivity contribution < 1.29 is 9.32 Å². The number of aromatic nitrogens is 2. The Balaban J connectivity index is 1.97. The zero-order chi connectivity index (χ0) is 13.0. The number of carbonyl (C=O) groups is 1. The number of amides is 1. The van der Waals surface area contributed by atoms with Crippen molar-refractivity contribution >= 4 is 5.91 Å². The predicted molar refractivity (Wildman–Crippen MR) is 61.4 cm³/mol. The molecule has 6 heteroatoms. The lowest BCUT2D eigenvalue weighted by Crippen LogP contribution is -2.23. The molecular formula is C12H10N4O2. The normalized spacial score (nSPS) is 9.78. The van der Waals surface area contributed by atoms with E-state index in [1.807, 2.05) is 6.07 Å². The molecule has 0 atom stereocenters. The Kier molecular flexibility index (Phi) is 3.34. The quantitative estimate of drug-likeness (QED) is 0.872. The van der Waals surface area contributed by atoms with Crippen LogP contribution in [0.5, 0.6) is 0 Å². The fourth-order valence-corrected chi connectivity index (χ4v) is 1.37. The molecule has 6 nitrogen and oxygen atoms in total. The highest BCUT2D eigenvalue weighted by molar-refractivity contribution is 5.94. The molecule has 0 aliphatic heterocycles. The molecule has 1 amide bonds. The molecule has 1 aromatic carbocycles. The van der Waals surface area contributed by atoms with Crippen LogP contribution in [0.15, 0.2) is 28.8 Å². The Labute approximate surface area is 103 Å². The zero-order valence-electron chi connectivity index (χ0n) is 9.67. The lowest BCUT2D eigenvalue weighted by molar-refractivity contribution is 0.0949. The van der Waals surface area contributed by atoms with Gasteiger partial charge in [-0.05, 0) is 24.3 Å². The maximum Gasteiger partial charge on any atom is 0.251 e. The molecule has 0 fully saturated rings. The fourth-order valence-electron chi connectivity index (χ4n) is 1.37. The highest BCUT2D eigenvalue weighted by Gasteiger charge is 2.07. The molecule has 2 rings (SSSR count). The molecule has 1 heterocycles. The van der Waals surface area contributed by atoms with Gasteiger partial charge in [0.1, 0.15) is 0 Å². The van der Waals surface area contributed by atoms with Crippen LogP contribution in [-0.4, -0.2) is 16.0 Å². The van der Waals surface area contributed by atoms with Crippen LogP contribution < -0.4 is 5.32 Å². The van der Waals surface area contributed by atoms with Crippen molar-refractivity contribution in [3.63, 3.8) is 0 Å². The number of hydrogen-bond donors (Lipinski definition) is 1. The molecule has 0 bridgehead atoms. The van der Waals surface area contributed by atoms with Crippen LogP contribution >= 0.6 is 0 Å². The van der Waals surface area contributed by atoms with Crippen molar-refractivity contribution in [2.75, 3.05) is 0 Å². The van der Waals surface area contributed by atoms with Crippen molar-refractivity contribution in [1.29, 1.82) is 5.26 Å². The third kappa shape index (κ3) is 2.71. The van der Waals surface area contributed by atoms with Gasteiger partial charge >= 0.3 is 0 Å².